The molecule has 6 heteroatoms. The van der Waals surface area contributed by atoms with Crippen LogP contribution in [0.5, 0.6) is 0 Å². The maximum atomic E-state index is 12.6. The molecule has 0 N–H and O–H groups in total. The molecule has 0 unspecified atom stereocenters. The molecular weight excluding hydrogens is 207 g/mol. The molecule has 14 heavy (non-hydrogen) atoms. The van der Waals surface area contributed by atoms with Crippen molar-refractivity contribution in [1.29, 1.82) is 0 Å². The second-order valence-electron chi connectivity index (χ2n) is 3.13. The Morgan fingerprint density at radius 2 is 2.21 bits per heavy atom. The van der Waals surface area contributed by atoms with Gasteiger partial charge in [-0.1, -0.05) is 13.3 Å². The topological polar surface area (TPSA) is 52.0 Å². The summed E-state index contributed by atoms with van der Waals surface area (Å²) in [6.07, 6.45) is 3.11. The van der Waals surface area contributed by atoms with Crippen LogP contribution in [0.3, 0.4) is 0 Å². The van der Waals surface area contributed by atoms with E-state index < -0.39 is 10.2 Å². The number of unbranched alkanes of at least 4 members (excludes halogenated alkanes) is 1. The molecule has 1 heterocycles. The zero-order valence-corrected chi connectivity index (χ0v) is 9.01. The van der Waals surface area contributed by atoms with Gasteiger partial charge in [0.05, 0.1) is 5.69 Å². The van der Waals surface area contributed by atoms with Crippen LogP contribution in [-0.4, -0.2) is 18.2 Å². The van der Waals surface area contributed by atoms with Crippen LogP contribution in [0.25, 0.3) is 0 Å². The molecule has 0 aliphatic rings. The Hall–Kier alpha value is -0.910. The molecule has 0 radical (unpaired) electrons. The Labute approximate surface area is 82.9 Å². The molecule has 0 fully saturated rings. The third-order valence-corrected chi connectivity index (χ3v) is 2.83. The van der Waals surface area contributed by atoms with Gasteiger partial charge in [-0.3, -0.25) is 4.68 Å². The van der Waals surface area contributed by atoms with Crippen molar-refractivity contribution in [2.24, 2.45) is 0 Å². The molecule has 0 atom stereocenters. The van der Waals surface area contributed by atoms with E-state index in [1.165, 1.54) is 17.8 Å². The number of rotatable bonds is 4. The lowest BCUT2D eigenvalue weighted by atomic mass is 10.3. The van der Waals surface area contributed by atoms with Gasteiger partial charge >= 0.3 is 10.2 Å². The van der Waals surface area contributed by atoms with Gasteiger partial charge in [0.15, 0.2) is 0 Å². The Morgan fingerprint density at radius 3 is 2.64 bits per heavy atom. The molecule has 0 saturated carbocycles. The Bertz CT molecular complexity index is 411. The van der Waals surface area contributed by atoms with E-state index in [1.54, 1.807) is 0 Å². The fourth-order valence-corrected chi connectivity index (χ4v) is 1.81. The second-order valence-corrected chi connectivity index (χ2v) is 4.45. The monoisotopic (exact) mass is 220 g/mol. The number of aryl methyl sites for hydroxylation is 2. The number of halogens is 1. The lowest BCUT2D eigenvalue weighted by Gasteiger charge is -1.96. The standard InChI is InChI=1S/C8H13FN2O2S/c1-3-4-5-11-6-8(7(2)10-11)14(9,12)13/h6H,3-5H2,1-2H3. The first kappa shape index (κ1) is 11.2. The summed E-state index contributed by atoms with van der Waals surface area (Å²) in [6.45, 7) is 4.12. The molecule has 4 nitrogen and oxygen atoms in total. The predicted molar refractivity (Wildman–Crippen MR) is 50.2 cm³/mol. The first-order chi connectivity index (χ1) is 6.45. The van der Waals surface area contributed by atoms with Gasteiger partial charge in [0.25, 0.3) is 0 Å². The number of aromatic nitrogens is 2. The Balaban J connectivity index is 2.94. The van der Waals surface area contributed by atoms with Gasteiger partial charge in [0, 0.05) is 12.7 Å². The average Bonchev–Trinajstić information content (AvgIpc) is 2.42. The quantitative estimate of drug-likeness (QED) is 0.725. The number of hydrogen-bond acceptors (Lipinski definition) is 3. The van der Waals surface area contributed by atoms with E-state index in [0.29, 0.717) is 6.54 Å². The fourth-order valence-electron chi connectivity index (χ4n) is 1.17. The van der Waals surface area contributed by atoms with Crippen LogP contribution in [-0.2, 0) is 16.8 Å². The smallest absolute Gasteiger partial charge is 0.271 e. The van der Waals surface area contributed by atoms with Crippen molar-refractivity contribution in [3.63, 3.8) is 0 Å². The zero-order valence-electron chi connectivity index (χ0n) is 8.20. The fraction of sp³-hybridized carbons (Fsp3) is 0.625. The molecule has 1 aromatic rings. The van der Waals surface area contributed by atoms with Crippen molar-refractivity contribution in [3.8, 4) is 0 Å². The van der Waals surface area contributed by atoms with Crippen molar-refractivity contribution in [1.82, 2.24) is 9.78 Å². The van der Waals surface area contributed by atoms with Crippen molar-refractivity contribution in [2.75, 3.05) is 0 Å². The van der Waals surface area contributed by atoms with E-state index in [1.807, 2.05) is 6.92 Å². The van der Waals surface area contributed by atoms with Crippen molar-refractivity contribution >= 4 is 10.2 Å². The third kappa shape index (κ3) is 2.54. The van der Waals surface area contributed by atoms with Crippen molar-refractivity contribution in [3.05, 3.63) is 11.9 Å². The van der Waals surface area contributed by atoms with E-state index in [0.717, 1.165) is 12.8 Å². The van der Waals surface area contributed by atoms with E-state index in [4.69, 9.17) is 0 Å². The normalized spacial score (nSPS) is 11.9. The van der Waals surface area contributed by atoms with Gasteiger partial charge in [0.1, 0.15) is 4.90 Å². The summed E-state index contributed by atoms with van der Waals surface area (Å²) in [5, 5.41) is 3.91. The molecule has 0 saturated heterocycles. The van der Waals surface area contributed by atoms with Crippen molar-refractivity contribution in [2.45, 2.75) is 38.1 Å². The summed E-state index contributed by atoms with van der Waals surface area (Å²) in [5.74, 6) is 0. The Kier molecular flexibility index (Phi) is 3.25. The second kappa shape index (κ2) is 4.08. The lowest BCUT2D eigenvalue weighted by Crippen LogP contribution is -1.97. The molecular formula is C8H13FN2O2S. The minimum atomic E-state index is -4.62. The first-order valence-electron chi connectivity index (χ1n) is 4.44. The van der Waals surface area contributed by atoms with Gasteiger partial charge in [-0.25, -0.2) is 0 Å². The van der Waals surface area contributed by atoms with Gasteiger partial charge < -0.3 is 0 Å². The summed E-state index contributed by atoms with van der Waals surface area (Å²) < 4.78 is 35.3. The van der Waals surface area contributed by atoms with Crippen LogP contribution < -0.4 is 0 Å². The van der Waals surface area contributed by atoms with Gasteiger partial charge in [-0.2, -0.15) is 13.5 Å². The largest absolute Gasteiger partial charge is 0.335 e. The maximum absolute atomic E-state index is 12.6. The molecule has 0 bridgehead atoms. The summed E-state index contributed by atoms with van der Waals surface area (Å²) >= 11 is 0. The summed E-state index contributed by atoms with van der Waals surface area (Å²) in [6, 6.07) is 0. The van der Waals surface area contributed by atoms with Crippen LogP contribution in [0.15, 0.2) is 11.1 Å². The lowest BCUT2D eigenvalue weighted by molar-refractivity contribution is 0.549. The maximum Gasteiger partial charge on any atom is 0.335 e. The average molecular weight is 220 g/mol. The molecule has 1 rings (SSSR count). The molecule has 0 aliphatic heterocycles. The minimum absolute atomic E-state index is 0.212. The minimum Gasteiger partial charge on any atom is -0.271 e. The number of nitrogens with zero attached hydrogens (tertiary/aromatic N) is 2. The van der Waals surface area contributed by atoms with E-state index >= 15 is 0 Å². The highest BCUT2D eigenvalue weighted by Crippen LogP contribution is 2.15. The van der Waals surface area contributed by atoms with Crippen LogP contribution in [0.2, 0.25) is 0 Å². The van der Waals surface area contributed by atoms with E-state index in [2.05, 4.69) is 5.10 Å². The van der Waals surface area contributed by atoms with Gasteiger partial charge in [0.2, 0.25) is 0 Å². The Morgan fingerprint density at radius 1 is 1.57 bits per heavy atom. The highest BCUT2D eigenvalue weighted by atomic mass is 32.3. The zero-order chi connectivity index (χ0) is 10.8. The molecule has 0 aliphatic carbocycles. The first-order valence-corrected chi connectivity index (χ1v) is 5.82. The highest BCUT2D eigenvalue weighted by Gasteiger charge is 2.18. The summed E-state index contributed by atoms with van der Waals surface area (Å²) in [5.41, 5.74) is 0.212. The van der Waals surface area contributed by atoms with E-state index in [9.17, 15) is 12.3 Å². The van der Waals surface area contributed by atoms with Crippen LogP contribution in [0.1, 0.15) is 25.5 Å². The predicted octanol–water partition coefficient (Wildman–Crippen LogP) is 1.65. The van der Waals surface area contributed by atoms with Crippen molar-refractivity contribution < 1.29 is 12.3 Å². The van der Waals surface area contributed by atoms with Crippen LogP contribution in [0.4, 0.5) is 3.89 Å². The summed E-state index contributed by atoms with van der Waals surface area (Å²) in [4.78, 5) is -0.325. The van der Waals surface area contributed by atoms with Crippen LogP contribution in [0, 0.1) is 6.92 Å². The highest BCUT2D eigenvalue weighted by molar-refractivity contribution is 7.86. The molecule has 0 amide bonds. The summed E-state index contributed by atoms with van der Waals surface area (Å²) in [7, 11) is -4.62. The third-order valence-electron chi connectivity index (χ3n) is 1.90. The van der Waals surface area contributed by atoms with E-state index in [-0.39, 0.29) is 10.6 Å². The molecule has 0 spiro atoms. The van der Waals surface area contributed by atoms with Crippen LogP contribution >= 0.6 is 0 Å². The SMILES string of the molecule is CCCCn1cc(S(=O)(=O)F)c(C)n1. The molecule has 0 aromatic carbocycles. The van der Waals surface area contributed by atoms with Gasteiger partial charge in [-0.15, -0.1) is 3.89 Å². The molecule has 80 valence electrons. The number of hydrogen-bond donors (Lipinski definition) is 0. The molecule has 1 aromatic heterocycles. The van der Waals surface area contributed by atoms with Gasteiger partial charge in [-0.05, 0) is 13.3 Å².